The molecule has 0 unspecified atom stereocenters. The van der Waals surface area contributed by atoms with Crippen LogP contribution in [0, 0.1) is 0 Å². The fourth-order valence-electron chi connectivity index (χ4n) is 3.39. The van der Waals surface area contributed by atoms with Crippen molar-refractivity contribution in [2.24, 2.45) is 0 Å². The molecule has 2 aromatic rings. The van der Waals surface area contributed by atoms with Gasteiger partial charge in [0.05, 0.1) is 16.8 Å². The molecule has 2 aromatic carbocycles. The van der Waals surface area contributed by atoms with E-state index in [1.807, 2.05) is 24.3 Å². The van der Waals surface area contributed by atoms with Crippen LogP contribution >= 0.6 is 11.6 Å². The summed E-state index contributed by atoms with van der Waals surface area (Å²) in [6, 6.07) is 13.0. The molecule has 154 valence electrons. The second-order valence-corrected chi connectivity index (χ2v) is 7.72. The van der Waals surface area contributed by atoms with Crippen LogP contribution in [0.2, 0.25) is 5.02 Å². The van der Waals surface area contributed by atoms with Gasteiger partial charge in [0.2, 0.25) is 11.8 Å². The van der Waals surface area contributed by atoms with Crippen molar-refractivity contribution in [2.45, 2.75) is 58.0 Å². The Morgan fingerprint density at radius 2 is 1.86 bits per heavy atom. The van der Waals surface area contributed by atoms with Crippen LogP contribution in [0.15, 0.2) is 42.5 Å². The lowest BCUT2D eigenvalue weighted by atomic mass is 10.1. The van der Waals surface area contributed by atoms with Gasteiger partial charge in [-0.15, -0.1) is 0 Å². The summed E-state index contributed by atoms with van der Waals surface area (Å²) in [5.41, 5.74) is 2.16. The van der Waals surface area contributed by atoms with Crippen LogP contribution in [0.25, 0.3) is 0 Å². The van der Waals surface area contributed by atoms with Crippen LogP contribution in [0.1, 0.15) is 51.0 Å². The molecule has 6 heteroatoms. The zero-order valence-corrected chi connectivity index (χ0v) is 17.4. The Kier molecular flexibility index (Phi) is 7.53. The molecule has 0 aliphatic heterocycles. The molecule has 0 saturated heterocycles. The number of anilines is 2. The Labute approximate surface area is 176 Å². The fourth-order valence-corrected chi connectivity index (χ4v) is 3.56. The lowest BCUT2D eigenvalue weighted by Crippen LogP contribution is -2.14. The number of ether oxygens (including phenoxy) is 1. The second kappa shape index (κ2) is 10.3. The molecular weight excluding hydrogens is 388 g/mol. The Balaban J connectivity index is 1.54. The zero-order chi connectivity index (χ0) is 20.6. The van der Waals surface area contributed by atoms with Crippen LogP contribution < -0.4 is 15.4 Å². The summed E-state index contributed by atoms with van der Waals surface area (Å²) in [5, 5.41) is 6.03. The first-order chi connectivity index (χ1) is 14.0. The Hall–Kier alpha value is -2.53. The molecule has 2 N–H and O–H groups in total. The van der Waals surface area contributed by atoms with Crippen LogP contribution in [-0.4, -0.2) is 17.9 Å². The van der Waals surface area contributed by atoms with Gasteiger partial charge in [-0.05, 0) is 68.0 Å². The number of hydrogen-bond acceptors (Lipinski definition) is 3. The highest BCUT2D eigenvalue weighted by molar-refractivity contribution is 6.33. The maximum atomic E-state index is 12.4. The van der Waals surface area contributed by atoms with Gasteiger partial charge in [-0.3, -0.25) is 9.59 Å². The highest BCUT2D eigenvalue weighted by Crippen LogP contribution is 2.27. The molecule has 1 saturated carbocycles. The van der Waals surface area contributed by atoms with Crippen molar-refractivity contribution in [1.29, 1.82) is 0 Å². The molecule has 2 amide bonds. The molecule has 1 aliphatic carbocycles. The van der Waals surface area contributed by atoms with E-state index in [-0.39, 0.29) is 11.8 Å². The first-order valence-electron chi connectivity index (χ1n) is 10.2. The van der Waals surface area contributed by atoms with Crippen molar-refractivity contribution in [1.82, 2.24) is 0 Å². The van der Waals surface area contributed by atoms with E-state index >= 15 is 0 Å². The maximum absolute atomic E-state index is 12.4. The highest BCUT2D eigenvalue weighted by Gasteiger charge is 2.16. The van der Waals surface area contributed by atoms with E-state index in [1.54, 1.807) is 25.1 Å². The average molecular weight is 415 g/mol. The van der Waals surface area contributed by atoms with Gasteiger partial charge < -0.3 is 15.4 Å². The number of hydrogen-bond donors (Lipinski definition) is 2. The molecule has 1 aliphatic rings. The number of amides is 2. The SMILES string of the molecule is CCC(=O)Nc1ccc(Cl)c(NC(=O)CCc2cccc(OC3CCCC3)c2)c1. The normalized spacial score (nSPS) is 13.9. The summed E-state index contributed by atoms with van der Waals surface area (Å²) < 4.78 is 6.04. The standard InChI is InChI=1S/C23H27ClN2O3/c1-2-22(27)25-17-11-12-20(24)21(15-17)26-23(28)13-10-16-6-5-9-19(14-16)29-18-7-3-4-8-18/h5-6,9,11-12,14-15,18H,2-4,7-8,10,13H2,1H3,(H,25,27)(H,26,28). The molecule has 0 radical (unpaired) electrons. The summed E-state index contributed by atoms with van der Waals surface area (Å²) in [5.74, 6) is 0.648. The fraction of sp³-hybridized carbons (Fsp3) is 0.391. The molecule has 3 rings (SSSR count). The van der Waals surface area contributed by atoms with Gasteiger partial charge in [0.15, 0.2) is 0 Å². The molecule has 0 bridgehead atoms. The molecular formula is C23H27ClN2O3. The average Bonchev–Trinajstić information content (AvgIpc) is 3.22. The van der Waals surface area contributed by atoms with Gasteiger partial charge in [0.25, 0.3) is 0 Å². The monoisotopic (exact) mass is 414 g/mol. The smallest absolute Gasteiger partial charge is 0.224 e. The number of nitrogens with one attached hydrogen (secondary N) is 2. The van der Waals surface area contributed by atoms with Crippen molar-refractivity contribution in [3.8, 4) is 5.75 Å². The molecule has 0 aromatic heterocycles. The maximum Gasteiger partial charge on any atom is 0.224 e. The summed E-state index contributed by atoms with van der Waals surface area (Å²) in [6.07, 6.45) is 6.33. The van der Waals surface area contributed by atoms with Gasteiger partial charge in [-0.1, -0.05) is 30.7 Å². The van der Waals surface area contributed by atoms with Gasteiger partial charge in [-0.2, -0.15) is 0 Å². The third-order valence-corrected chi connectivity index (χ3v) is 5.32. The number of rotatable bonds is 8. The van der Waals surface area contributed by atoms with E-state index in [2.05, 4.69) is 10.6 Å². The molecule has 0 spiro atoms. The van der Waals surface area contributed by atoms with Crippen molar-refractivity contribution < 1.29 is 14.3 Å². The van der Waals surface area contributed by atoms with Crippen molar-refractivity contribution in [3.63, 3.8) is 0 Å². The van der Waals surface area contributed by atoms with E-state index in [9.17, 15) is 9.59 Å². The molecule has 0 heterocycles. The summed E-state index contributed by atoms with van der Waals surface area (Å²) in [4.78, 5) is 24.0. The van der Waals surface area contributed by atoms with E-state index in [4.69, 9.17) is 16.3 Å². The third kappa shape index (κ3) is 6.50. The van der Waals surface area contributed by atoms with E-state index in [0.717, 1.165) is 24.2 Å². The van der Waals surface area contributed by atoms with Crippen LogP contribution in [0.5, 0.6) is 5.75 Å². The van der Waals surface area contributed by atoms with Gasteiger partial charge in [-0.25, -0.2) is 0 Å². The summed E-state index contributed by atoms with van der Waals surface area (Å²) in [6.45, 7) is 1.78. The Morgan fingerprint density at radius 3 is 2.62 bits per heavy atom. The minimum Gasteiger partial charge on any atom is -0.490 e. The third-order valence-electron chi connectivity index (χ3n) is 4.99. The Morgan fingerprint density at radius 1 is 1.07 bits per heavy atom. The number of halogens is 1. The van der Waals surface area contributed by atoms with Gasteiger partial charge >= 0.3 is 0 Å². The predicted octanol–water partition coefficient (Wildman–Crippen LogP) is 5.58. The number of benzene rings is 2. The molecule has 5 nitrogen and oxygen atoms in total. The lowest BCUT2D eigenvalue weighted by molar-refractivity contribution is -0.116. The minimum atomic E-state index is -0.131. The lowest BCUT2D eigenvalue weighted by Gasteiger charge is -2.14. The molecule has 29 heavy (non-hydrogen) atoms. The first kappa shape index (κ1) is 21.2. The minimum absolute atomic E-state index is 0.0932. The number of carbonyl (C=O) groups excluding carboxylic acids is 2. The number of aryl methyl sites for hydroxylation is 1. The van der Waals surface area contributed by atoms with Crippen molar-refractivity contribution >= 4 is 34.8 Å². The zero-order valence-electron chi connectivity index (χ0n) is 16.7. The van der Waals surface area contributed by atoms with Crippen molar-refractivity contribution in [3.05, 3.63) is 53.1 Å². The quantitative estimate of drug-likeness (QED) is 0.592. The van der Waals surface area contributed by atoms with Crippen LogP contribution in [-0.2, 0) is 16.0 Å². The van der Waals surface area contributed by atoms with E-state index in [0.29, 0.717) is 41.8 Å². The predicted molar refractivity (Wildman–Crippen MR) is 117 cm³/mol. The van der Waals surface area contributed by atoms with Crippen LogP contribution in [0.3, 0.4) is 0 Å². The topological polar surface area (TPSA) is 67.4 Å². The van der Waals surface area contributed by atoms with E-state index < -0.39 is 0 Å². The second-order valence-electron chi connectivity index (χ2n) is 7.32. The molecule has 1 fully saturated rings. The summed E-state index contributed by atoms with van der Waals surface area (Å²) in [7, 11) is 0. The summed E-state index contributed by atoms with van der Waals surface area (Å²) >= 11 is 6.19. The van der Waals surface area contributed by atoms with Gasteiger partial charge in [0.1, 0.15) is 5.75 Å². The number of carbonyl (C=O) groups is 2. The van der Waals surface area contributed by atoms with Gasteiger partial charge in [0, 0.05) is 18.5 Å². The largest absolute Gasteiger partial charge is 0.490 e. The van der Waals surface area contributed by atoms with Crippen LogP contribution in [0.4, 0.5) is 11.4 Å². The van der Waals surface area contributed by atoms with Crippen molar-refractivity contribution in [2.75, 3.05) is 10.6 Å². The Bertz CT molecular complexity index is 863. The highest BCUT2D eigenvalue weighted by atomic mass is 35.5. The van der Waals surface area contributed by atoms with E-state index in [1.165, 1.54) is 12.8 Å². The first-order valence-corrected chi connectivity index (χ1v) is 10.6. The molecule has 0 atom stereocenters.